The van der Waals surface area contributed by atoms with Gasteiger partial charge in [-0.3, -0.25) is 9.59 Å². The summed E-state index contributed by atoms with van der Waals surface area (Å²) in [6, 6.07) is 0. The molecule has 1 aliphatic heterocycles. The maximum atomic E-state index is 13.4. The van der Waals surface area contributed by atoms with Crippen molar-refractivity contribution in [3.63, 3.8) is 0 Å². The highest BCUT2D eigenvalue weighted by Crippen LogP contribution is 2.64. The Hall–Kier alpha value is -1.84. The summed E-state index contributed by atoms with van der Waals surface area (Å²) in [5.74, 6) is -5.64. The van der Waals surface area contributed by atoms with Crippen molar-refractivity contribution in [3.05, 3.63) is 35.6 Å². The Labute approximate surface area is 169 Å². The minimum Gasteiger partial charge on any atom is -0.508 e. The first-order valence-electron chi connectivity index (χ1n) is 9.53. The van der Waals surface area contributed by atoms with Gasteiger partial charge >= 0.3 is 0 Å². The SMILES string of the molecule is C/C=C/C=C/C(O)=C1/C(=O)[C@]2(C)C(=O)[C@@](C)(O)[C@H]1[C@@]1(O)CO[C@@](CO)(OC)C[C@H]21. The molecule has 160 valence electrons. The minimum atomic E-state index is -2.10. The van der Waals surface area contributed by atoms with Crippen LogP contribution in [0.4, 0.5) is 0 Å². The van der Waals surface area contributed by atoms with Gasteiger partial charge in [-0.2, -0.15) is 0 Å². The lowest BCUT2D eigenvalue weighted by Crippen LogP contribution is -2.80. The lowest BCUT2D eigenvalue weighted by atomic mass is 9.41. The van der Waals surface area contributed by atoms with E-state index in [0.717, 1.165) is 0 Å². The average molecular weight is 408 g/mol. The molecule has 6 atom stereocenters. The fraction of sp³-hybridized carbons (Fsp3) is 0.619. The zero-order valence-corrected chi connectivity index (χ0v) is 17.0. The highest BCUT2D eigenvalue weighted by atomic mass is 16.7. The van der Waals surface area contributed by atoms with Crippen LogP contribution >= 0.6 is 0 Å². The van der Waals surface area contributed by atoms with Gasteiger partial charge in [0.25, 0.3) is 0 Å². The molecule has 3 saturated carbocycles. The lowest BCUT2D eigenvalue weighted by molar-refractivity contribution is -0.338. The van der Waals surface area contributed by atoms with Gasteiger partial charge in [-0.05, 0) is 26.8 Å². The van der Waals surface area contributed by atoms with Crippen molar-refractivity contribution in [2.24, 2.45) is 17.3 Å². The molecule has 0 radical (unpaired) electrons. The molecule has 4 fully saturated rings. The van der Waals surface area contributed by atoms with Crippen LogP contribution in [0.3, 0.4) is 0 Å². The van der Waals surface area contributed by atoms with Crippen LogP contribution in [0.15, 0.2) is 35.6 Å². The molecule has 1 heterocycles. The van der Waals surface area contributed by atoms with Gasteiger partial charge in [0.15, 0.2) is 17.4 Å². The third-order valence-corrected chi connectivity index (χ3v) is 6.83. The number of aliphatic hydroxyl groups excluding tert-OH is 2. The van der Waals surface area contributed by atoms with Crippen LogP contribution in [0.25, 0.3) is 0 Å². The number of rotatable bonds is 4. The molecular formula is C21H28O8. The molecule has 0 aromatic heterocycles. The fourth-order valence-corrected chi connectivity index (χ4v) is 5.32. The molecule has 4 N–H and O–H groups in total. The Kier molecular flexibility index (Phi) is 5.16. The van der Waals surface area contributed by atoms with E-state index in [-0.39, 0.29) is 12.0 Å². The third kappa shape index (κ3) is 2.70. The summed E-state index contributed by atoms with van der Waals surface area (Å²) in [6.45, 7) is 3.46. The summed E-state index contributed by atoms with van der Waals surface area (Å²) in [5.41, 5.74) is -5.95. The first-order chi connectivity index (χ1) is 13.5. The topological polar surface area (TPSA) is 134 Å². The molecule has 0 unspecified atom stereocenters. The van der Waals surface area contributed by atoms with Gasteiger partial charge in [-0.1, -0.05) is 18.2 Å². The molecule has 0 aromatic carbocycles. The van der Waals surface area contributed by atoms with Gasteiger partial charge in [0.2, 0.25) is 0 Å². The molecule has 2 bridgehead atoms. The predicted molar refractivity (Wildman–Crippen MR) is 102 cm³/mol. The average Bonchev–Trinajstić information content (AvgIpc) is 2.69. The van der Waals surface area contributed by atoms with Gasteiger partial charge in [-0.25, -0.2) is 0 Å². The quantitative estimate of drug-likeness (QED) is 0.230. The number of methoxy groups -OCH3 is 1. The van der Waals surface area contributed by atoms with Crippen LogP contribution in [-0.4, -0.2) is 69.3 Å². The van der Waals surface area contributed by atoms with E-state index in [2.05, 4.69) is 0 Å². The van der Waals surface area contributed by atoms with Crippen molar-refractivity contribution in [3.8, 4) is 0 Å². The summed E-state index contributed by atoms with van der Waals surface area (Å²) in [4.78, 5) is 26.6. The van der Waals surface area contributed by atoms with Crippen LogP contribution in [-0.2, 0) is 19.1 Å². The third-order valence-electron chi connectivity index (χ3n) is 6.83. The summed E-state index contributed by atoms with van der Waals surface area (Å²) >= 11 is 0. The number of fused-ring (bicyclic) bond motifs is 2. The second-order valence-corrected chi connectivity index (χ2v) is 8.43. The monoisotopic (exact) mass is 408 g/mol. The van der Waals surface area contributed by atoms with Crippen molar-refractivity contribution in [2.45, 2.75) is 44.2 Å². The van der Waals surface area contributed by atoms with Crippen molar-refractivity contribution in [1.82, 2.24) is 0 Å². The van der Waals surface area contributed by atoms with E-state index in [9.17, 15) is 30.0 Å². The molecule has 4 rings (SSSR count). The molecule has 4 aliphatic rings. The van der Waals surface area contributed by atoms with Gasteiger partial charge in [0, 0.05) is 25.0 Å². The van der Waals surface area contributed by atoms with E-state index in [0.29, 0.717) is 0 Å². The number of Topliss-reactive ketones (excluding diaryl/α,β-unsaturated/α-hetero) is 2. The number of aliphatic hydroxyl groups is 4. The number of hydrogen-bond donors (Lipinski definition) is 4. The number of ketones is 2. The Balaban J connectivity index is 2.24. The number of allylic oxidation sites excluding steroid dienone is 4. The number of carbonyl (C=O) groups is 2. The first-order valence-corrected chi connectivity index (χ1v) is 9.53. The summed E-state index contributed by atoms with van der Waals surface area (Å²) in [5, 5.41) is 43.1. The smallest absolute Gasteiger partial charge is 0.191 e. The fourth-order valence-electron chi connectivity index (χ4n) is 5.32. The van der Waals surface area contributed by atoms with Crippen LogP contribution in [0.5, 0.6) is 0 Å². The molecule has 0 aromatic rings. The van der Waals surface area contributed by atoms with Crippen molar-refractivity contribution < 1.29 is 39.5 Å². The highest BCUT2D eigenvalue weighted by molar-refractivity contribution is 6.22. The highest BCUT2D eigenvalue weighted by Gasteiger charge is 2.78. The van der Waals surface area contributed by atoms with Gasteiger partial charge in [0.05, 0.1) is 24.5 Å². The number of carbonyl (C=O) groups excluding carboxylic acids is 2. The lowest BCUT2D eigenvalue weighted by Gasteiger charge is -2.65. The predicted octanol–water partition coefficient (Wildman–Crippen LogP) is 0.572. The summed E-state index contributed by atoms with van der Waals surface area (Å²) in [6.07, 6.45) is 6.04. The molecular weight excluding hydrogens is 380 g/mol. The van der Waals surface area contributed by atoms with Gasteiger partial charge in [-0.15, -0.1) is 0 Å². The number of ether oxygens (including phenoxy) is 2. The van der Waals surface area contributed by atoms with Crippen molar-refractivity contribution in [2.75, 3.05) is 20.3 Å². The van der Waals surface area contributed by atoms with Crippen molar-refractivity contribution in [1.29, 1.82) is 0 Å². The molecule has 1 saturated heterocycles. The second kappa shape index (κ2) is 6.85. The van der Waals surface area contributed by atoms with E-state index in [1.54, 1.807) is 19.1 Å². The van der Waals surface area contributed by atoms with Crippen LogP contribution < -0.4 is 0 Å². The van der Waals surface area contributed by atoms with E-state index < -0.39 is 64.8 Å². The Morgan fingerprint density at radius 3 is 2.48 bits per heavy atom. The van der Waals surface area contributed by atoms with Crippen LogP contribution in [0.1, 0.15) is 27.2 Å². The maximum Gasteiger partial charge on any atom is 0.191 e. The Morgan fingerprint density at radius 2 is 1.93 bits per heavy atom. The summed E-state index contributed by atoms with van der Waals surface area (Å²) < 4.78 is 10.9. The summed E-state index contributed by atoms with van der Waals surface area (Å²) in [7, 11) is 1.33. The molecule has 29 heavy (non-hydrogen) atoms. The van der Waals surface area contributed by atoms with Crippen molar-refractivity contribution >= 4 is 11.6 Å². The standard InChI is InChI=1S/C21H28O8/c1-5-6-7-8-12(23)14-15-19(3,26)17(25)18(2,16(14)24)13-9-20(10-22,28-4)29-11-21(13,15)27/h5-8,13,15,22-23,26-27H,9-11H2,1-4H3/b6-5+,8-7+,14-12-/t13-,15+,18-,19+,20+,21-/m1/s1. The minimum absolute atomic E-state index is 0.125. The largest absolute Gasteiger partial charge is 0.508 e. The number of hydrogen-bond acceptors (Lipinski definition) is 8. The first kappa shape index (κ1) is 21.9. The Bertz CT molecular complexity index is 819. The zero-order valence-electron chi connectivity index (χ0n) is 17.0. The van der Waals surface area contributed by atoms with E-state index >= 15 is 0 Å². The molecule has 3 aliphatic carbocycles. The molecule has 0 amide bonds. The van der Waals surface area contributed by atoms with Gasteiger partial charge < -0.3 is 29.9 Å². The van der Waals surface area contributed by atoms with Gasteiger partial charge in [0.1, 0.15) is 17.0 Å². The van der Waals surface area contributed by atoms with E-state index in [1.807, 2.05) is 0 Å². The van der Waals surface area contributed by atoms with E-state index in [4.69, 9.17) is 9.47 Å². The van der Waals surface area contributed by atoms with E-state index in [1.165, 1.54) is 33.1 Å². The second-order valence-electron chi connectivity index (χ2n) is 8.43. The molecule has 8 heteroatoms. The molecule has 8 nitrogen and oxygen atoms in total. The normalized spacial score (nSPS) is 46.6. The maximum absolute atomic E-state index is 13.4. The van der Waals surface area contributed by atoms with Crippen LogP contribution in [0.2, 0.25) is 0 Å². The Morgan fingerprint density at radius 1 is 1.28 bits per heavy atom. The zero-order chi connectivity index (χ0) is 21.8. The van der Waals surface area contributed by atoms with Crippen LogP contribution in [0, 0.1) is 17.3 Å². The molecule has 0 spiro atoms.